The van der Waals surface area contributed by atoms with Crippen LogP contribution >= 0.6 is 0 Å². The maximum atomic E-state index is 9.95. The largest absolute Gasteiger partial charge is 0.493 e. The van der Waals surface area contributed by atoms with E-state index in [4.69, 9.17) is 9.84 Å². The molecule has 0 unspecified atom stereocenters. The van der Waals surface area contributed by atoms with Crippen LogP contribution < -0.4 is 0 Å². The number of hydrogen-bond donors (Lipinski definition) is 5. The minimum absolute atomic E-state index is 0.0323. The summed E-state index contributed by atoms with van der Waals surface area (Å²) in [5, 5.41) is 55.4. The quantitative estimate of drug-likeness (QED) is 0.413. The SMILES string of the molecule is OC[C@H]1O[C@@H](n2c(O)nc(O)c3cnnc2-3)[C@H](O)[C@@H]1O. The van der Waals surface area contributed by atoms with Gasteiger partial charge >= 0.3 is 6.01 Å². The molecule has 0 saturated carbocycles. The number of ether oxygens (including phenoxy) is 1. The van der Waals surface area contributed by atoms with Crippen LogP contribution in [0.3, 0.4) is 0 Å². The van der Waals surface area contributed by atoms with Crippen LogP contribution in [0.4, 0.5) is 0 Å². The van der Waals surface area contributed by atoms with E-state index in [9.17, 15) is 20.4 Å². The number of aromatic hydroxyl groups is 2. The zero-order valence-corrected chi connectivity index (χ0v) is 10.0. The molecule has 5 N–H and O–H groups in total. The number of hydrogen-bond acceptors (Lipinski definition) is 9. The number of rotatable bonds is 2. The van der Waals surface area contributed by atoms with Gasteiger partial charge < -0.3 is 30.3 Å². The molecule has 1 saturated heterocycles. The molecule has 1 fully saturated rings. The van der Waals surface area contributed by atoms with Gasteiger partial charge in [-0.3, -0.25) is 0 Å². The molecular formula is C10H12N4O6. The summed E-state index contributed by atoms with van der Waals surface area (Å²) in [6, 6.07) is -0.662. The molecule has 0 aromatic carbocycles. The molecular weight excluding hydrogens is 272 g/mol. The van der Waals surface area contributed by atoms with Gasteiger partial charge in [0.2, 0.25) is 5.88 Å². The minimum Gasteiger partial charge on any atom is -0.493 e. The van der Waals surface area contributed by atoms with Crippen molar-refractivity contribution >= 4 is 0 Å². The fourth-order valence-electron chi connectivity index (χ4n) is 2.22. The van der Waals surface area contributed by atoms with Crippen molar-refractivity contribution in [3.63, 3.8) is 0 Å². The molecule has 4 atom stereocenters. The summed E-state index contributed by atoms with van der Waals surface area (Å²) in [7, 11) is 0. The van der Waals surface area contributed by atoms with Gasteiger partial charge in [-0.1, -0.05) is 0 Å². The number of aliphatic hydroxyl groups is 3. The van der Waals surface area contributed by atoms with Gasteiger partial charge in [0, 0.05) is 0 Å². The molecule has 0 aromatic heterocycles. The van der Waals surface area contributed by atoms with Gasteiger partial charge in [-0.15, -0.1) is 5.10 Å². The average molecular weight is 284 g/mol. The summed E-state index contributed by atoms with van der Waals surface area (Å²) >= 11 is 0. The highest BCUT2D eigenvalue weighted by Crippen LogP contribution is 2.38. The molecule has 0 spiro atoms. The van der Waals surface area contributed by atoms with E-state index >= 15 is 0 Å². The Morgan fingerprint density at radius 1 is 1.25 bits per heavy atom. The first-order valence-corrected chi connectivity index (χ1v) is 5.78. The predicted molar refractivity (Wildman–Crippen MR) is 60.8 cm³/mol. The number of fused-ring (bicyclic) bond motifs is 1. The average Bonchev–Trinajstić information content (AvgIpc) is 2.99. The van der Waals surface area contributed by atoms with Crippen LogP contribution in [0.1, 0.15) is 6.23 Å². The molecule has 3 heterocycles. The van der Waals surface area contributed by atoms with E-state index in [2.05, 4.69) is 15.2 Å². The second-order valence-electron chi connectivity index (χ2n) is 4.42. The van der Waals surface area contributed by atoms with Gasteiger partial charge in [-0.05, 0) is 0 Å². The molecule has 10 nitrogen and oxygen atoms in total. The first kappa shape index (κ1) is 13.0. The fourth-order valence-corrected chi connectivity index (χ4v) is 2.22. The second-order valence-corrected chi connectivity index (χ2v) is 4.42. The van der Waals surface area contributed by atoms with Crippen molar-refractivity contribution in [2.75, 3.05) is 6.61 Å². The summed E-state index contributed by atoms with van der Waals surface area (Å²) < 4.78 is 6.27. The number of aromatic nitrogens is 4. The van der Waals surface area contributed by atoms with Crippen LogP contribution in [-0.2, 0) is 4.74 Å². The molecule has 3 rings (SSSR count). The van der Waals surface area contributed by atoms with Gasteiger partial charge in [0.25, 0.3) is 0 Å². The summed E-state index contributed by atoms with van der Waals surface area (Å²) in [6.07, 6.45) is -3.73. The molecule has 3 aliphatic rings. The second kappa shape index (κ2) is 4.52. The lowest BCUT2D eigenvalue weighted by Crippen LogP contribution is -2.33. The summed E-state index contributed by atoms with van der Waals surface area (Å²) in [4.78, 5) is 3.49. The third-order valence-corrected chi connectivity index (χ3v) is 3.24. The van der Waals surface area contributed by atoms with Crippen molar-refractivity contribution < 1.29 is 30.3 Å². The van der Waals surface area contributed by atoms with Crippen molar-refractivity contribution in [1.29, 1.82) is 0 Å². The molecule has 0 radical (unpaired) electrons. The highest BCUT2D eigenvalue weighted by molar-refractivity contribution is 5.62. The van der Waals surface area contributed by atoms with E-state index in [1.165, 1.54) is 6.20 Å². The zero-order chi connectivity index (χ0) is 14.4. The van der Waals surface area contributed by atoms with E-state index in [1.807, 2.05) is 0 Å². The molecule has 0 aliphatic carbocycles. The van der Waals surface area contributed by atoms with Gasteiger partial charge in [0.05, 0.1) is 12.8 Å². The van der Waals surface area contributed by atoms with E-state index in [0.29, 0.717) is 0 Å². The van der Waals surface area contributed by atoms with Gasteiger partial charge in [0.1, 0.15) is 23.9 Å². The lowest BCUT2D eigenvalue weighted by Gasteiger charge is -2.21. The maximum absolute atomic E-state index is 9.95. The topological polar surface area (TPSA) is 154 Å². The molecule has 3 aliphatic heterocycles. The molecule has 0 amide bonds. The molecule has 10 heteroatoms. The van der Waals surface area contributed by atoms with Crippen molar-refractivity contribution in [1.82, 2.24) is 19.7 Å². The Bertz CT molecular complexity index is 604. The Morgan fingerprint density at radius 3 is 2.65 bits per heavy atom. The fraction of sp³-hybridized carbons (Fsp3) is 0.500. The van der Waals surface area contributed by atoms with E-state index in [-0.39, 0.29) is 11.4 Å². The highest BCUT2D eigenvalue weighted by atomic mass is 16.6. The van der Waals surface area contributed by atoms with Gasteiger partial charge in [-0.2, -0.15) is 10.1 Å². The number of nitrogens with zero attached hydrogens (tertiary/aromatic N) is 4. The first-order valence-electron chi connectivity index (χ1n) is 5.78. The zero-order valence-electron chi connectivity index (χ0n) is 10.0. The maximum Gasteiger partial charge on any atom is 0.301 e. The third kappa shape index (κ3) is 1.70. The Morgan fingerprint density at radius 2 is 2.00 bits per heavy atom. The molecule has 0 bridgehead atoms. The van der Waals surface area contributed by atoms with Crippen molar-refractivity contribution in [3.05, 3.63) is 6.20 Å². The lowest BCUT2D eigenvalue weighted by molar-refractivity contribution is -0.0560. The summed E-state index contributed by atoms with van der Waals surface area (Å²) in [6.45, 7) is -0.503. The van der Waals surface area contributed by atoms with Gasteiger partial charge in [0.15, 0.2) is 12.1 Å². The van der Waals surface area contributed by atoms with Gasteiger partial charge in [-0.25, -0.2) is 4.57 Å². The standard InChI is InChI=1S/C10H12N4O6/c15-2-4-5(16)6(17)9(20-4)14-7-3(1-11-13-7)8(18)12-10(14)19/h1,4-6,9,15-18H,2H2,(H,12,19)/t4-,5-,6-,9-/m1/s1. The number of aliphatic hydroxyl groups excluding tert-OH is 3. The van der Waals surface area contributed by atoms with E-state index in [0.717, 1.165) is 4.57 Å². The normalized spacial score (nSPS) is 30.1. The van der Waals surface area contributed by atoms with Crippen LogP contribution in [0.15, 0.2) is 6.20 Å². The van der Waals surface area contributed by atoms with E-state index in [1.54, 1.807) is 0 Å². The predicted octanol–water partition coefficient (Wildman–Crippen LogP) is -2.20. The first-order chi connectivity index (χ1) is 9.54. The third-order valence-electron chi connectivity index (χ3n) is 3.24. The van der Waals surface area contributed by atoms with Crippen molar-refractivity contribution in [2.24, 2.45) is 0 Å². The Balaban J connectivity index is 2.09. The van der Waals surface area contributed by atoms with Crippen molar-refractivity contribution in [2.45, 2.75) is 24.5 Å². The minimum atomic E-state index is -1.41. The monoisotopic (exact) mass is 284 g/mol. The summed E-state index contributed by atoms with van der Waals surface area (Å²) in [5.74, 6) is -0.435. The molecule has 20 heavy (non-hydrogen) atoms. The highest BCUT2D eigenvalue weighted by Gasteiger charge is 2.45. The Kier molecular flexibility index (Phi) is 2.94. The van der Waals surface area contributed by atoms with Crippen molar-refractivity contribution in [3.8, 4) is 23.3 Å². The molecule has 0 aromatic rings. The van der Waals surface area contributed by atoms with E-state index < -0.39 is 43.0 Å². The Hall–Kier alpha value is -2.01. The van der Waals surface area contributed by atoms with Crippen LogP contribution in [0.5, 0.6) is 11.9 Å². The molecule has 108 valence electrons. The lowest BCUT2D eigenvalue weighted by atomic mass is 10.1. The van der Waals surface area contributed by atoms with Crippen LogP contribution in [0, 0.1) is 0 Å². The van der Waals surface area contributed by atoms with Crippen LogP contribution in [0.2, 0.25) is 0 Å². The smallest absolute Gasteiger partial charge is 0.301 e. The summed E-state index contributed by atoms with van der Waals surface area (Å²) in [5.41, 5.74) is 0.153. The Labute approximate surface area is 111 Å². The van der Waals surface area contributed by atoms with Crippen LogP contribution in [0.25, 0.3) is 11.4 Å². The van der Waals surface area contributed by atoms with Crippen LogP contribution in [-0.4, -0.2) is 70.2 Å².